The second-order valence-electron chi connectivity index (χ2n) is 5.86. The van der Waals surface area contributed by atoms with Gasteiger partial charge in [-0.2, -0.15) is 0 Å². The fourth-order valence-electron chi connectivity index (χ4n) is 3.59. The SMILES string of the molecule is CCCC1(CN2CCC(CC)C2)CCCN1. The van der Waals surface area contributed by atoms with Gasteiger partial charge in [0.1, 0.15) is 0 Å². The molecule has 2 aliphatic heterocycles. The Morgan fingerprint density at radius 1 is 1.38 bits per heavy atom. The monoisotopic (exact) mass is 224 g/mol. The minimum Gasteiger partial charge on any atom is -0.310 e. The van der Waals surface area contributed by atoms with Crippen molar-refractivity contribution in [3.63, 3.8) is 0 Å². The maximum atomic E-state index is 3.79. The third-order valence-corrected chi connectivity index (χ3v) is 4.53. The minimum absolute atomic E-state index is 0.470. The minimum atomic E-state index is 0.470. The van der Waals surface area contributed by atoms with E-state index in [0.717, 1.165) is 5.92 Å². The van der Waals surface area contributed by atoms with Crippen molar-refractivity contribution >= 4 is 0 Å². The summed E-state index contributed by atoms with van der Waals surface area (Å²) in [5.74, 6) is 0.972. The molecule has 0 aliphatic carbocycles. The molecule has 94 valence electrons. The standard InChI is InChI=1S/C14H28N2/c1-3-7-14(8-5-9-15-14)12-16-10-6-13(4-2)11-16/h13,15H,3-12H2,1-2H3. The van der Waals surface area contributed by atoms with Gasteiger partial charge in [0.15, 0.2) is 0 Å². The first-order valence-corrected chi connectivity index (χ1v) is 7.25. The lowest BCUT2D eigenvalue weighted by atomic mass is 9.91. The van der Waals surface area contributed by atoms with Crippen LogP contribution >= 0.6 is 0 Å². The third kappa shape index (κ3) is 2.78. The van der Waals surface area contributed by atoms with Crippen LogP contribution < -0.4 is 5.32 Å². The van der Waals surface area contributed by atoms with Crippen LogP contribution in [0.4, 0.5) is 0 Å². The molecule has 0 spiro atoms. The van der Waals surface area contributed by atoms with Crippen LogP contribution in [0.3, 0.4) is 0 Å². The van der Waals surface area contributed by atoms with Gasteiger partial charge in [-0.1, -0.05) is 26.7 Å². The fraction of sp³-hybridized carbons (Fsp3) is 1.00. The molecule has 0 radical (unpaired) electrons. The normalized spacial score (nSPS) is 36.0. The van der Waals surface area contributed by atoms with Crippen LogP contribution in [-0.4, -0.2) is 36.6 Å². The van der Waals surface area contributed by atoms with Gasteiger partial charge in [0.05, 0.1) is 0 Å². The Kier molecular flexibility index (Phi) is 4.26. The van der Waals surface area contributed by atoms with E-state index in [9.17, 15) is 0 Å². The van der Waals surface area contributed by atoms with E-state index in [0.29, 0.717) is 5.54 Å². The molecule has 0 saturated carbocycles. The Bertz CT molecular complexity index is 209. The molecule has 1 N–H and O–H groups in total. The van der Waals surface area contributed by atoms with Crippen molar-refractivity contribution < 1.29 is 0 Å². The summed E-state index contributed by atoms with van der Waals surface area (Å²) >= 11 is 0. The average Bonchev–Trinajstić information content (AvgIpc) is 2.89. The highest BCUT2D eigenvalue weighted by atomic mass is 15.2. The first-order valence-electron chi connectivity index (χ1n) is 7.25. The van der Waals surface area contributed by atoms with Crippen molar-refractivity contribution in [2.75, 3.05) is 26.2 Å². The van der Waals surface area contributed by atoms with E-state index in [1.807, 2.05) is 0 Å². The summed E-state index contributed by atoms with van der Waals surface area (Å²) in [5.41, 5.74) is 0.470. The molecule has 2 saturated heterocycles. The summed E-state index contributed by atoms with van der Waals surface area (Å²) in [7, 11) is 0. The number of hydrogen-bond donors (Lipinski definition) is 1. The molecule has 2 atom stereocenters. The van der Waals surface area contributed by atoms with E-state index in [4.69, 9.17) is 0 Å². The Labute approximate surface area is 101 Å². The van der Waals surface area contributed by atoms with Gasteiger partial charge in [-0.25, -0.2) is 0 Å². The lowest BCUT2D eigenvalue weighted by Gasteiger charge is -2.34. The molecular weight excluding hydrogens is 196 g/mol. The molecule has 0 aromatic heterocycles. The Morgan fingerprint density at radius 2 is 2.25 bits per heavy atom. The molecule has 16 heavy (non-hydrogen) atoms. The molecule has 0 aromatic rings. The maximum Gasteiger partial charge on any atom is 0.0309 e. The van der Waals surface area contributed by atoms with E-state index in [1.54, 1.807) is 0 Å². The lowest BCUT2D eigenvalue weighted by molar-refractivity contribution is 0.207. The zero-order chi connectivity index (χ0) is 11.4. The van der Waals surface area contributed by atoms with Gasteiger partial charge < -0.3 is 10.2 Å². The van der Waals surface area contributed by atoms with E-state index in [2.05, 4.69) is 24.1 Å². The Hall–Kier alpha value is -0.0800. The van der Waals surface area contributed by atoms with E-state index in [1.165, 1.54) is 64.7 Å². The van der Waals surface area contributed by atoms with Gasteiger partial charge in [0, 0.05) is 18.6 Å². The Balaban J connectivity index is 1.86. The molecule has 2 heterocycles. The van der Waals surface area contributed by atoms with Crippen molar-refractivity contribution in [3.8, 4) is 0 Å². The highest BCUT2D eigenvalue weighted by Crippen LogP contribution is 2.28. The fourth-order valence-corrected chi connectivity index (χ4v) is 3.59. The molecule has 0 amide bonds. The second kappa shape index (κ2) is 5.50. The van der Waals surface area contributed by atoms with Gasteiger partial charge in [-0.15, -0.1) is 0 Å². The average molecular weight is 224 g/mol. The van der Waals surface area contributed by atoms with Crippen LogP contribution in [0.15, 0.2) is 0 Å². The van der Waals surface area contributed by atoms with Crippen LogP contribution in [0.25, 0.3) is 0 Å². The predicted octanol–water partition coefficient (Wildman–Crippen LogP) is 2.64. The number of hydrogen-bond acceptors (Lipinski definition) is 2. The Morgan fingerprint density at radius 3 is 2.81 bits per heavy atom. The molecule has 0 bridgehead atoms. The van der Waals surface area contributed by atoms with E-state index < -0.39 is 0 Å². The van der Waals surface area contributed by atoms with Gasteiger partial charge in [-0.3, -0.25) is 0 Å². The molecule has 2 rings (SSSR count). The molecule has 2 nitrogen and oxygen atoms in total. The van der Waals surface area contributed by atoms with Crippen LogP contribution in [0, 0.1) is 5.92 Å². The first kappa shape index (κ1) is 12.4. The van der Waals surface area contributed by atoms with E-state index >= 15 is 0 Å². The summed E-state index contributed by atoms with van der Waals surface area (Å²) in [5, 5.41) is 3.79. The second-order valence-corrected chi connectivity index (χ2v) is 5.86. The summed E-state index contributed by atoms with van der Waals surface area (Å²) in [4.78, 5) is 2.71. The highest BCUT2D eigenvalue weighted by Gasteiger charge is 2.35. The van der Waals surface area contributed by atoms with Crippen LogP contribution in [0.2, 0.25) is 0 Å². The summed E-state index contributed by atoms with van der Waals surface area (Å²) in [6.45, 7) is 9.89. The van der Waals surface area contributed by atoms with Crippen LogP contribution in [0.1, 0.15) is 52.4 Å². The molecule has 2 fully saturated rings. The first-order chi connectivity index (χ1) is 7.78. The van der Waals surface area contributed by atoms with Crippen molar-refractivity contribution in [1.29, 1.82) is 0 Å². The maximum absolute atomic E-state index is 3.79. The predicted molar refractivity (Wildman–Crippen MR) is 69.7 cm³/mol. The van der Waals surface area contributed by atoms with Gasteiger partial charge in [0.25, 0.3) is 0 Å². The zero-order valence-corrected chi connectivity index (χ0v) is 11.1. The van der Waals surface area contributed by atoms with Crippen LogP contribution in [-0.2, 0) is 0 Å². The van der Waals surface area contributed by atoms with Crippen molar-refractivity contribution in [2.24, 2.45) is 5.92 Å². The smallest absolute Gasteiger partial charge is 0.0309 e. The van der Waals surface area contributed by atoms with Crippen molar-refractivity contribution in [1.82, 2.24) is 10.2 Å². The number of rotatable bonds is 5. The zero-order valence-electron chi connectivity index (χ0n) is 11.1. The number of likely N-dealkylation sites (tertiary alicyclic amines) is 1. The number of nitrogens with zero attached hydrogens (tertiary/aromatic N) is 1. The lowest BCUT2D eigenvalue weighted by Crippen LogP contribution is -2.49. The van der Waals surface area contributed by atoms with Crippen LogP contribution in [0.5, 0.6) is 0 Å². The third-order valence-electron chi connectivity index (χ3n) is 4.53. The van der Waals surface area contributed by atoms with Gasteiger partial charge >= 0.3 is 0 Å². The topological polar surface area (TPSA) is 15.3 Å². The summed E-state index contributed by atoms with van der Waals surface area (Å²) in [6.07, 6.45) is 8.25. The molecule has 2 heteroatoms. The molecule has 2 unspecified atom stereocenters. The summed E-state index contributed by atoms with van der Waals surface area (Å²) < 4.78 is 0. The van der Waals surface area contributed by atoms with Crippen molar-refractivity contribution in [3.05, 3.63) is 0 Å². The number of nitrogens with one attached hydrogen (secondary N) is 1. The highest BCUT2D eigenvalue weighted by molar-refractivity contribution is 4.96. The van der Waals surface area contributed by atoms with Gasteiger partial charge in [-0.05, 0) is 44.7 Å². The van der Waals surface area contributed by atoms with E-state index in [-0.39, 0.29) is 0 Å². The largest absolute Gasteiger partial charge is 0.310 e. The molecule has 0 aromatic carbocycles. The van der Waals surface area contributed by atoms with Gasteiger partial charge in [0.2, 0.25) is 0 Å². The van der Waals surface area contributed by atoms with Crippen molar-refractivity contribution in [2.45, 2.75) is 57.9 Å². The summed E-state index contributed by atoms with van der Waals surface area (Å²) in [6, 6.07) is 0. The quantitative estimate of drug-likeness (QED) is 0.772. The molecular formula is C14H28N2. The molecule has 2 aliphatic rings.